The van der Waals surface area contributed by atoms with Crippen molar-refractivity contribution in [1.29, 1.82) is 0 Å². The Morgan fingerprint density at radius 2 is 1.91 bits per heavy atom. The van der Waals surface area contributed by atoms with E-state index in [1.54, 1.807) is 18.3 Å². The molecule has 0 saturated carbocycles. The van der Waals surface area contributed by atoms with Crippen molar-refractivity contribution < 1.29 is 14.8 Å². The van der Waals surface area contributed by atoms with Gasteiger partial charge in [-0.3, -0.25) is 10.1 Å². The standard InChI is InChI=1S/C16H17ClN4O2/c17-14-5-3-13(4-6-14)12-19-8-10-20(11-9-19)16-15(21(22)23)2-1-7-18-16/h1-7H,8-12H2/p+2. The highest BCUT2D eigenvalue weighted by molar-refractivity contribution is 6.30. The van der Waals surface area contributed by atoms with E-state index in [9.17, 15) is 10.1 Å². The molecule has 1 fully saturated rings. The number of halogens is 1. The molecule has 120 valence electrons. The fourth-order valence-electron chi connectivity index (χ4n) is 2.93. The Kier molecular flexibility index (Phi) is 4.73. The molecule has 6 nitrogen and oxygen atoms in total. The van der Waals surface area contributed by atoms with Crippen molar-refractivity contribution in [3.63, 3.8) is 0 Å². The number of quaternary nitrogens is 1. The number of H-pyrrole nitrogens is 1. The van der Waals surface area contributed by atoms with Crippen LogP contribution in [0.2, 0.25) is 5.02 Å². The first-order valence-electron chi connectivity index (χ1n) is 7.61. The fourth-order valence-corrected chi connectivity index (χ4v) is 3.06. The van der Waals surface area contributed by atoms with Gasteiger partial charge < -0.3 is 4.90 Å². The Labute approximate surface area is 139 Å². The minimum Gasteiger partial charge on any atom is -0.325 e. The van der Waals surface area contributed by atoms with Crippen LogP contribution in [0.5, 0.6) is 0 Å². The summed E-state index contributed by atoms with van der Waals surface area (Å²) in [7, 11) is 0. The van der Waals surface area contributed by atoms with E-state index in [0.29, 0.717) is 5.82 Å². The summed E-state index contributed by atoms with van der Waals surface area (Å²) in [5.74, 6) is 0.600. The highest BCUT2D eigenvalue weighted by Crippen LogP contribution is 2.21. The number of pyridine rings is 1. The minimum absolute atomic E-state index is 0.133. The zero-order valence-electron chi connectivity index (χ0n) is 12.7. The molecular weight excluding hydrogens is 316 g/mol. The summed E-state index contributed by atoms with van der Waals surface area (Å²) >= 11 is 5.91. The molecule has 1 aromatic heterocycles. The van der Waals surface area contributed by atoms with Crippen molar-refractivity contribution in [3.05, 3.63) is 63.3 Å². The van der Waals surface area contributed by atoms with Crippen molar-refractivity contribution in [2.75, 3.05) is 31.1 Å². The Morgan fingerprint density at radius 3 is 2.57 bits per heavy atom. The predicted octanol–water partition coefficient (Wildman–Crippen LogP) is 0.967. The number of rotatable bonds is 4. The van der Waals surface area contributed by atoms with Gasteiger partial charge in [0.15, 0.2) is 0 Å². The van der Waals surface area contributed by atoms with Gasteiger partial charge in [0.25, 0.3) is 0 Å². The lowest BCUT2D eigenvalue weighted by molar-refractivity contribution is -0.914. The molecule has 3 rings (SSSR count). The number of hydrogen-bond donors (Lipinski definition) is 1. The molecule has 0 spiro atoms. The lowest BCUT2D eigenvalue weighted by Gasteiger charge is -2.28. The SMILES string of the molecule is O=[N+]([O-])c1ccc[nH+]c1N1CC[NH+](Cc2ccc(Cl)cc2)CC1. The summed E-state index contributed by atoms with van der Waals surface area (Å²) < 4.78 is 0. The van der Waals surface area contributed by atoms with Gasteiger partial charge in [-0.15, -0.1) is 0 Å². The van der Waals surface area contributed by atoms with Crippen molar-refractivity contribution >= 4 is 23.1 Å². The van der Waals surface area contributed by atoms with E-state index in [2.05, 4.69) is 22.0 Å². The van der Waals surface area contributed by atoms with Gasteiger partial charge in [-0.1, -0.05) is 23.7 Å². The third kappa shape index (κ3) is 3.78. The van der Waals surface area contributed by atoms with E-state index in [1.807, 2.05) is 12.1 Å². The van der Waals surface area contributed by atoms with Crippen molar-refractivity contribution in [2.24, 2.45) is 0 Å². The molecule has 0 unspecified atom stereocenters. The van der Waals surface area contributed by atoms with E-state index < -0.39 is 0 Å². The second-order valence-corrected chi connectivity index (χ2v) is 6.14. The molecule has 0 atom stereocenters. The molecule has 2 aromatic rings. The molecule has 0 radical (unpaired) electrons. The summed E-state index contributed by atoms with van der Waals surface area (Å²) in [5.41, 5.74) is 1.39. The normalized spacial score (nSPS) is 15.6. The average molecular weight is 335 g/mol. The maximum Gasteiger partial charge on any atom is 0.357 e. The van der Waals surface area contributed by atoms with Gasteiger partial charge in [0.1, 0.15) is 32.7 Å². The van der Waals surface area contributed by atoms with E-state index in [1.165, 1.54) is 10.5 Å². The van der Waals surface area contributed by atoms with Crippen molar-refractivity contribution in [1.82, 2.24) is 0 Å². The third-order valence-electron chi connectivity index (χ3n) is 4.16. The zero-order valence-corrected chi connectivity index (χ0v) is 13.4. The van der Waals surface area contributed by atoms with Crippen molar-refractivity contribution in [2.45, 2.75) is 6.54 Å². The molecule has 1 aromatic carbocycles. The van der Waals surface area contributed by atoms with Crippen LogP contribution in [-0.2, 0) is 6.54 Å². The summed E-state index contributed by atoms with van der Waals surface area (Å²) in [6.45, 7) is 4.44. The molecule has 2 N–H and O–H groups in total. The molecule has 1 saturated heterocycles. The van der Waals surface area contributed by atoms with Crippen LogP contribution < -0.4 is 14.8 Å². The molecule has 2 heterocycles. The zero-order chi connectivity index (χ0) is 16.2. The van der Waals surface area contributed by atoms with Gasteiger partial charge in [-0.05, 0) is 18.2 Å². The van der Waals surface area contributed by atoms with Gasteiger partial charge >= 0.3 is 11.5 Å². The first-order chi connectivity index (χ1) is 11.1. The van der Waals surface area contributed by atoms with Gasteiger partial charge in [0, 0.05) is 16.7 Å². The van der Waals surface area contributed by atoms with Crippen LogP contribution in [0.4, 0.5) is 11.5 Å². The van der Waals surface area contributed by atoms with Gasteiger partial charge in [-0.25, -0.2) is 9.88 Å². The second-order valence-electron chi connectivity index (χ2n) is 5.70. The average Bonchev–Trinajstić information content (AvgIpc) is 2.58. The Morgan fingerprint density at radius 1 is 1.22 bits per heavy atom. The minimum atomic E-state index is -0.335. The number of nitrogens with one attached hydrogen (secondary N) is 2. The van der Waals surface area contributed by atoms with Crippen LogP contribution in [0, 0.1) is 10.1 Å². The molecule has 1 aliphatic heterocycles. The molecule has 1 aliphatic rings. The molecule has 7 heteroatoms. The smallest absolute Gasteiger partial charge is 0.325 e. The number of hydrogen-bond acceptors (Lipinski definition) is 3. The first kappa shape index (κ1) is 15.7. The third-order valence-corrected chi connectivity index (χ3v) is 4.42. The van der Waals surface area contributed by atoms with Crippen LogP contribution in [-0.4, -0.2) is 31.1 Å². The summed E-state index contributed by atoms with van der Waals surface area (Å²) in [6, 6.07) is 11.1. The number of piperazine rings is 1. The van der Waals surface area contributed by atoms with Gasteiger partial charge in [0.2, 0.25) is 0 Å². The highest BCUT2D eigenvalue weighted by atomic mass is 35.5. The van der Waals surface area contributed by atoms with Crippen molar-refractivity contribution in [3.8, 4) is 0 Å². The molecular formula is C16H19ClN4O2+2. The monoisotopic (exact) mass is 334 g/mol. The van der Waals surface area contributed by atoms with Crippen LogP contribution in [0.1, 0.15) is 5.56 Å². The van der Waals surface area contributed by atoms with Gasteiger partial charge in [-0.2, -0.15) is 0 Å². The molecule has 23 heavy (non-hydrogen) atoms. The Balaban J connectivity index is 1.62. The first-order valence-corrected chi connectivity index (χ1v) is 7.99. The Hall–Kier alpha value is -2.18. The number of aromatic amines is 1. The number of nitrogens with zero attached hydrogens (tertiary/aromatic N) is 2. The number of anilines is 1. The fraction of sp³-hybridized carbons (Fsp3) is 0.312. The van der Waals surface area contributed by atoms with Crippen LogP contribution in [0.3, 0.4) is 0 Å². The van der Waals surface area contributed by atoms with Gasteiger partial charge in [0.05, 0.1) is 11.1 Å². The lowest BCUT2D eigenvalue weighted by Crippen LogP contribution is -3.13. The maximum atomic E-state index is 11.1. The van der Waals surface area contributed by atoms with E-state index >= 15 is 0 Å². The maximum absolute atomic E-state index is 11.1. The van der Waals surface area contributed by atoms with E-state index in [0.717, 1.165) is 37.7 Å². The number of nitro groups is 1. The number of benzene rings is 1. The molecule has 0 bridgehead atoms. The largest absolute Gasteiger partial charge is 0.357 e. The van der Waals surface area contributed by atoms with Crippen LogP contribution in [0.25, 0.3) is 0 Å². The summed E-state index contributed by atoms with van der Waals surface area (Å²) in [5, 5.41) is 11.9. The summed E-state index contributed by atoms with van der Waals surface area (Å²) in [4.78, 5) is 17.4. The highest BCUT2D eigenvalue weighted by Gasteiger charge is 2.32. The predicted molar refractivity (Wildman–Crippen MR) is 87.7 cm³/mol. The Bertz CT molecular complexity index is 685. The molecule has 0 amide bonds. The van der Waals surface area contributed by atoms with E-state index in [-0.39, 0.29) is 10.6 Å². The topological polar surface area (TPSA) is 65.0 Å². The second kappa shape index (κ2) is 6.93. The summed E-state index contributed by atoms with van der Waals surface area (Å²) in [6.07, 6.45) is 1.73. The van der Waals surface area contributed by atoms with E-state index in [4.69, 9.17) is 11.6 Å². The molecule has 0 aliphatic carbocycles. The number of aromatic nitrogens is 1. The van der Waals surface area contributed by atoms with Crippen LogP contribution in [0.15, 0.2) is 42.6 Å². The van der Waals surface area contributed by atoms with Crippen LogP contribution >= 0.6 is 11.6 Å². The quantitative estimate of drug-likeness (QED) is 0.669. The lowest BCUT2D eigenvalue weighted by atomic mass is 10.2.